The first-order valence-corrected chi connectivity index (χ1v) is 9.55. The summed E-state index contributed by atoms with van der Waals surface area (Å²) in [7, 11) is 3.24. The van der Waals surface area contributed by atoms with Crippen LogP contribution >= 0.6 is 15.9 Å². The number of anilines is 1. The largest absolute Gasteiger partial charge is 0.493 e. The van der Waals surface area contributed by atoms with Crippen molar-refractivity contribution in [1.82, 2.24) is 0 Å². The third kappa shape index (κ3) is 2.88. The van der Waals surface area contributed by atoms with Gasteiger partial charge in [-0.25, -0.2) is 4.79 Å². The van der Waals surface area contributed by atoms with E-state index < -0.39 is 5.97 Å². The zero-order valence-corrected chi connectivity index (χ0v) is 16.6. The predicted molar refractivity (Wildman–Crippen MR) is 107 cm³/mol. The van der Waals surface area contributed by atoms with Crippen molar-refractivity contribution in [2.45, 2.75) is 18.4 Å². The number of halogens is 1. The summed E-state index contributed by atoms with van der Waals surface area (Å²) in [6.45, 7) is 0. The van der Waals surface area contributed by atoms with E-state index in [0.717, 1.165) is 22.0 Å². The lowest BCUT2D eigenvalue weighted by Gasteiger charge is -2.38. The summed E-state index contributed by atoms with van der Waals surface area (Å²) in [6, 6.07) is 9.39. The molecule has 1 aliphatic heterocycles. The number of nitrogens with one attached hydrogen (secondary N) is 1. The molecule has 27 heavy (non-hydrogen) atoms. The number of fused-ring (bicyclic) bond motifs is 3. The number of carboxylic acids is 1. The summed E-state index contributed by atoms with van der Waals surface area (Å²) in [4.78, 5) is 11.9. The van der Waals surface area contributed by atoms with Crippen molar-refractivity contribution in [2.75, 3.05) is 19.5 Å². The average molecular weight is 430 g/mol. The highest BCUT2D eigenvalue weighted by atomic mass is 79.9. The van der Waals surface area contributed by atoms with Crippen molar-refractivity contribution in [3.05, 3.63) is 63.6 Å². The van der Waals surface area contributed by atoms with Crippen LogP contribution in [0.3, 0.4) is 0 Å². The molecule has 1 aliphatic carbocycles. The molecular formula is C21H20BrNO4. The van der Waals surface area contributed by atoms with Crippen LogP contribution in [0.4, 0.5) is 5.69 Å². The van der Waals surface area contributed by atoms with Crippen molar-refractivity contribution < 1.29 is 19.4 Å². The van der Waals surface area contributed by atoms with Gasteiger partial charge in [0.05, 0.1) is 31.5 Å². The standard InChI is InChI=1S/C21H20BrNO4/c1-26-17-8-4-7-14(20(17)27-2)18-13-6-3-5-12(13)15-9-11(22)10-16(21(24)25)19(15)23-18/h3-5,7-10,12-13,18,23H,6H2,1-2H3,(H,24,25). The van der Waals surface area contributed by atoms with Gasteiger partial charge in [-0.3, -0.25) is 0 Å². The minimum absolute atomic E-state index is 0.0816. The number of allylic oxidation sites excluding steroid dienone is 2. The highest BCUT2D eigenvalue weighted by Crippen LogP contribution is 2.53. The lowest BCUT2D eigenvalue weighted by Crippen LogP contribution is -2.30. The SMILES string of the molecule is COc1cccc(C2Nc3c(C(=O)O)cc(Br)cc3C3C=CCC32)c1OC. The van der Waals surface area contributed by atoms with E-state index in [1.165, 1.54) is 0 Å². The van der Waals surface area contributed by atoms with Crippen molar-refractivity contribution in [1.29, 1.82) is 0 Å². The third-order valence-electron chi connectivity index (χ3n) is 5.43. The maximum absolute atomic E-state index is 11.9. The summed E-state index contributed by atoms with van der Waals surface area (Å²) in [5, 5.41) is 13.2. The summed E-state index contributed by atoms with van der Waals surface area (Å²) in [5.74, 6) is 0.823. The van der Waals surface area contributed by atoms with Crippen molar-refractivity contribution in [3.8, 4) is 11.5 Å². The van der Waals surface area contributed by atoms with Crippen LogP contribution in [0.1, 0.15) is 39.9 Å². The summed E-state index contributed by atoms with van der Waals surface area (Å²) in [6.07, 6.45) is 5.27. The first-order chi connectivity index (χ1) is 13.0. The van der Waals surface area contributed by atoms with Gasteiger partial charge in [0.15, 0.2) is 11.5 Å². The Labute approximate surface area is 166 Å². The molecular weight excluding hydrogens is 410 g/mol. The van der Waals surface area contributed by atoms with Gasteiger partial charge < -0.3 is 19.9 Å². The van der Waals surface area contributed by atoms with Crippen LogP contribution in [0, 0.1) is 5.92 Å². The van der Waals surface area contributed by atoms with Crippen LogP contribution < -0.4 is 14.8 Å². The Morgan fingerprint density at radius 1 is 1.22 bits per heavy atom. The fraction of sp³-hybridized carbons (Fsp3) is 0.286. The molecule has 140 valence electrons. The first kappa shape index (κ1) is 17.9. The fourth-order valence-corrected chi connectivity index (χ4v) is 4.77. The smallest absolute Gasteiger partial charge is 0.337 e. The summed E-state index contributed by atoms with van der Waals surface area (Å²) < 4.78 is 11.9. The van der Waals surface area contributed by atoms with Crippen LogP contribution in [0.2, 0.25) is 0 Å². The van der Waals surface area contributed by atoms with E-state index >= 15 is 0 Å². The monoisotopic (exact) mass is 429 g/mol. The lowest BCUT2D eigenvalue weighted by atomic mass is 9.76. The van der Waals surface area contributed by atoms with Crippen molar-refractivity contribution in [2.24, 2.45) is 5.92 Å². The lowest BCUT2D eigenvalue weighted by molar-refractivity contribution is 0.0697. The number of methoxy groups -OCH3 is 2. The van der Waals surface area contributed by atoms with Gasteiger partial charge in [0, 0.05) is 16.0 Å². The number of rotatable bonds is 4. The Bertz CT molecular complexity index is 940. The second-order valence-corrected chi connectivity index (χ2v) is 7.70. The van der Waals surface area contributed by atoms with Crippen LogP contribution in [-0.2, 0) is 0 Å². The molecule has 0 radical (unpaired) electrons. The Kier molecular flexibility index (Phi) is 4.60. The van der Waals surface area contributed by atoms with Crippen molar-refractivity contribution >= 4 is 27.6 Å². The topological polar surface area (TPSA) is 67.8 Å². The molecule has 2 N–H and O–H groups in total. The van der Waals surface area contributed by atoms with E-state index in [-0.39, 0.29) is 23.4 Å². The van der Waals surface area contributed by atoms with Gasteiger partial charge in [0.2, 0.25) is 0 Å². The molecule has 2 aromatic carbocycles. The molecule has 2 aliphatic rings. The molecule has 5 nitrogen and oxygen atoms in total. The number of para-hydroxylation sites is 1. The van der Waals surface area contributed by atoms with E-state index in [1.807, 2.05) is 24.3 Å². The number of carboxylic acid groups (broad SMARTS) is 1. The molecule has 3 unspecified atom stereocenters. The highest BCUT2D eigenvalue weighted by Gasteiger charge is 2.41. The Balaban J connectivity index is 1.89. The first-order valence-electron chi connectivity index (χ1n) is 8.76. The van der Waals surface area contributed by atoms with Gasteiger partial charge in [-0.2, -0.15) is 0 Å². The molecule has 0 amide bonds. The fourth-order valence-electron chi connectivity index (χ4n) is 4.30. The molecule has 0 fully saturated rings. The molecule has 0 saturated heterocycles. The van der Waals surface area contributed by atoms with Gasteiger partial charge in [0.1, 0.15) is 0 Å². The molecule has 0 bridgehead atoms. The van der Waals surface area contributed by atoms with Crippen LogP contribution in [-0.4, -0.2) is 25.3 Å². The van der Waals surface area contributed by atoms with Crippen molar-refractivity contribution in [3.63, 3.8) is 0 Å². The molecule has 1 heterocycles. The van der Waals surface area contributed by atoms with E-state index in [0.29, 0.717) is 17.2 Å². The number of hydrogen-bond donors (Lipinski definition) is 2. The number of aromatic carboxylic acids is 1. The number of benzene rings is 2. The minimum atomic E-state index is -0.947. The minimum Gasteiger partial charge on any atom is -0.493 e. The summed E-state index contributed by atoms with van der Waals surface area (Å²) in [5.41, 5.74) is 2.93. The number of hydrogen-bond acceptors (Lipinski definition) is 4. The average Bonchev–Trinajstić information content (AvgIpc) is 3.16. The Morgan fingerprint density at radius 3 is 2.74 bits per heavy atom. The molecule has 0 spiro atoms. The second-order valence-electron chi connectivity index (χ2n) is 6.78. The van der Waals surface area contributed by atoms with E-state index in [1.54, 1.807) is 20.3 Å². The summed E-state index contributed by atoms with van der Waals surface area (Å²) >= 11 is 3.46. The molecule has 3 atom stereocenters. The third-order valence-corrected chi connectivity index (χ3v) is 5.89. The van der Waals surface area contributed by atoms with Gasteiger partial charge in [-0.1, -0.05) is 40.2 Å². The Hall–Kier alpha value is -2.47. The van der Waals surface area contributed by atoms with Gasteiger partial charge in [0.25, 0.3) is 0 Å². The van der Waals surface area contributed by atoms with Gasteiger partial charge in [-0.05, 0) is 36.1 Å². The van der Waals surface area contributed by atoms with Crippen LogP contribution in [0.25, 0.3) is 0 Å². The molecule has 6 heteroatoms. The Morgan fingerprint density at radius 2 is 2.04 bits per heavy atom. The van der Waals surface area contributed by atoms with Crippen LogP contribution in [0.5, 0.6) is 11.5 Å². The second kappa shape index (κ2) is 6.93. The molecule has 0 saturated carbocycles. The predicted octanol–water partition coefficient (Wildman–Crippen LogP) is 4.99. The van der Waals surface area contributed by atoms with E-state index in [4.69, 9.17) is 9.47 Å². The number of ether oxygens (including phenoxy) is 2. The molecule has 2 aromatic rings. The number of carbonyl (C=O) groups is 1. The zero-order chi connectivity index (χ0) is 19.1. The highest BCUT2D eigenvalue weighted by molar-refractivity contribution is 9.10. The molecule has 0 aromatic heterocycles. The van der Waals surface area contributed by atoms with Crippen LogP contribution in [0.15, 0.2) is 47.0 Å². The van der Waals surface area contributed by atoms with Gasteiger partial charge >= 0.3 is 5.97 Å². The van der Waals surface area contributed by atoms with E-state index in [9.17, 15) is 9.90 Å². The van der Waals surface area contributed by atoms with E-state index in [2.05, 4.69) is 33.4 Å². The molecule has 4 rings (SSSR count). The maximum Gasteiger partial charge on any atom is 0.337 e. The quantitative estimate of drug-likeness (QED) is 0.669. The zero-order valence-electron chi connectivity index (χ0n) is 15.0. The maximum atomic E-state index is 11.9. The normalized spacial score (nSPS) is 22.6. The van der Waals surface area contributed by atoms with Gasteiger partial charge in [-0.15, -0.1) is 0 Å².